The Balaban J connectivity index is 1.54. The van der Waals surface area contributed by atoms with Crippen LogP contribution in [-0.2, 0) is 34.3 Å². The first-order valence-electron chi connectivity index (χ1n) is 14.4. The van der Waals surface area contributed by atoms with Gasteiger partial charge in [-0.15, -0.1) is 0 Å². The average molecular weight is 624 g/mol. The molecule has 0 aliphatic carbocycles. The first kappa shape index (κ1) is 34.2. The number of hydrogen-bond donors (Lipinski definition) is 5. The van der Waals surface area contributed by atoms with Crippen molar-refractivity contribution < 1.29 is 27.9 Å². The van der Waals surface area contributed by atoms with E-state index in [-0.39, 0.29) is 42.4 Å². The molecule has 0 radical (unpaired) electrons. The smallest absolute Gasteiger partial charge is 0.251 e. The lowest BCUT2D eigenvalue weighted by Crippen LogP contribution is -2.44. The Morgan fingerprint density at radius 3 is 1.98 bits per heavy atom. The van der Waals surface area contributed by atoms with E-state index in [2.05, 4.69) is 21.3 Å². The van der Waals surface area contributed by atoms with Crippen molar-refractivity contribution in [3.8, 4) is 0 Å². The third-order valence-electron chi connectivity index (χ3n) is 6.97. The fraction of sp³-hybridized carbons (Fsp3) is 0.344. The molecule has 0 aliphatic rings. The molecule has 0 heterocycles. The van der Waals surface area contributed by atoms with E-state index in [0.717, 1.165) is 33.7 Å². The number of nitrogens with zero attached hydrogens (tertiary/aromatic N) is 1. The quantitative estimate of drug-likeness (QED) is 0.153. The van der Waals surface area contributed by atoms with E-state index in [9.17, 15) is 22.8 Å². The Morgan fingerprint density at radius 2 is 1.36 bits per heavy atom. The summed E-state index contributed by atoms with van der Waals surface area (Å²) in [5, 5.41) is 20.5. The number of sulfonamides is 1. The molecule has 0 saturated carbocycles. The summed E-state index contributed by atoms with van der Waals surface area (Å²) in [7, 11) is -2.30. The van der Waals surface area contributed by atoms with Gasteiger partial charge in [0.15, 0.2) is 0 Å². The number of carbonyl (C=O) groups excluding carboxylic acids is 3. The molecule has 0 spiro atoms. The van der Waals surface area contributed by atoms with Gasteiger partial charge in [-0.1, -0.05) is 54.6 Å². The van der Waals surface area contributed by atoms with Crippen LogP contribution in [0.2, 0.25) is 0 Å². The SMILES string of the molecule is C[C@H](NCCNC(=O)c1cc(C(=O)NCc2ccccc2)cc(N(C)S(C)(=O)=O)c1)C(=O)NCc1ccc(CCCO)cc1. The molecule has 3 aromatic rings. The van der Waals surface area contributed by atoms with Gasteiger partial charge in [0.1, 0.15) is 0 Å². The van der Waals surface area contributed by atoms with E-state index in [1.807, 2.05) is 54.6 Å². The number of nitrogens with one attached hydrogen (secondary N) is 4. The van der Waals surface area contributed by atoms with Crippen LogP contribution < -0.4 is 25.6 Å². The topological polar surface area (TPSA) is 157 Å². The van der Waals surface area contributed by atoms with E-state index in [1.54, 1.807) is 6.92 Å². The first-order valence-corrected chi connectivity index (χ1v) is 16.2. The molecule has 11 nitrogen and oxygen atoms in total. The second-order valence-electron chi connectivity index (χ2n) is 10.5. The minimum absolute atomic E-state index is 0.121. The molecule has 3 amide bonds. The number of rotatable bonds is 16. The number of amides is 3. The maximum Gasteiger partial charge on any atom is 0.251 e. The molecular formula is C32H41N5O6S. The van der Waals surface area contributed by atoms with Crippen LogP contribution in [0.5, 0.6) is 0 Å². The van der Waals surface area contributed by atoms with Gasteiger partial charge < -0.3 is 26.4 Å². The van der Waals surface area contributed by atoms with Gasteiger partial charge >= 0.3 is 0 Å². The number of aryl methyl sites for hydroxylation is 1. The Kier molecular flexibility index (Phi) is 12.9. The van der Waals surface area contributed by atoms with Crippen molar-refractivity contribution in [1.29, 1.82) is 0 Å². The molecule has 0 aliphatic heterocycles. The Bertz CT molecular complexity index is 1510. The maximum absolute atomic E-state index is 13.0. The molecule has 44 heavy (non-hydrogen) atoms. The fourth-order valence-electron chi connectivity index (χ4n) is 4.24. The molecule has 0 aromatic heterocycles. The van der Waals surface area contributed by atoms with Crippen molar-refractivity contribution in [2.45, 2.75) is 38.9 Å². The largest absolute Gasteiger partial charge is 0.396 e. The average Bonchev–Trinajstić information content (AvgIpc) is 3.03. The normalized spacial score (nSPS) is 11.8. The minimum Gasteiger partial charge on any atom is -0.396 e. The van der Waals surface area contributed by atoms with E-state index in [0.29, 0.717) is 19.5 Å². The Labute approximate surface area is 259 Å². The number of anilines is 1. The van der Waals surface area contributed by atoms with Crippen LogP contribution in [0, 0.1) is 0 Å². The number of aliphatic hydroxyl groups is 1. The molecular weight excluding hydrogens is 582 g/mol. The third-order valence-corrected chi connectivity index (χ3v) is 8.17. The van der Waals surface area contributed by atoms with Gasteiger partial charge in [0.05, 0.1) is 18.0 Å². The van der Waals surface area contributed by atoms with Crippen LogP contribution >= 0.6 is 0 Å². The Hall–Kier alpha value is -4.26. The van der Waals surface area contributed by atoms with E-state index in [4.69, 9.17) is 5.11 Å². The predicted molar refractivity (Wildman–Crippen MR) is 171 cm³/mol. The maximum atomic E-state index is 13.0. The molecule has 0 saturated heterocycles. The lowest BCUT2D eigenvalue weighted by molar-refractivity contribution is -0.122. The van der Waals surface area contributed by atoms with Crippen LogP contribution in [0.4, 0.5) is 5.69 Å². The summed E-state index contributed by atoms with van der Waals surface area (Å²) >= 11 is 0. The van der Waals surface area contributed by atoms with Crippen LogP contribution in [0.3, 0.4) is 0 Å². The summed E-state index contributed by atoms with van der Waals surface area (Å²) in [4.78, 5) is 38.5. The summed E-state index contributed by atoms with van der Waals surface area (Å²) in [5.41, 5.74) is 3.42. The second kappa shape index (κ2) is 16.6. The van der Waals surface area contributed by atoms with E-state index in [1.165, 1.54) is 25.2 Å². The fourth-order valence-corrected chi connectivity index (χ4v) is 4.72. The highest BCUT2D eigenvalue weighted by atomic mass is 32.2. The highest BCUT2D eigenvalue weighted by Crippen LogP contribution is 2.21. The molecule has 0 fully saturated rings. The number of hydrogen-bond acceptors (Lipinski definition) is 7. The summed E-state index contributed by atoms with van der Waals surface area (Å²) in [6, 6.07) is 20.9. The number of aliphatic hydroxyl groups excluding tert-OH is 1. The van der Waals surface area contributed by atoms with Crippen molar-refractivity contribution in [2.75, 3.05) is 37.3 Å². The van der Waals surface area contributed by atoms with Crippen molar-refractivity contribution in [2.24, 2.45) is 0 Å². The lowest BCUT2D eigenvalue weighted by Gasteiger charge is -2.19. The summed E-state index contributed by atoms with van der Waals surface area (Å²) in [6.45, 7) is 3.00. The van der Waals surface area contributed by atoms with Gasteiger partial charge in [-0.05, 0) is 54.7 Å². The Morgan fingerprint density at radius 1 is 0.795 bits per heavy atom. The molecule has 3 rings (SSSR count). The van der Waals surface area contributed by atoms with Gasteiger partial charge in [-0.3, -0.25) is 18.7 Å². The van der Waals surface area contributed by atoms with Crippen LogP contribution in [0.25, 0.3) is 0 Å². The van der Waals surface area contributed by atoms with Crippen molar-refractivity contribution >= 4 is 33.4 Å². The third kappa shape index (κ3) is 10.8. The van der Waals surface area contributed by atoms with Crippen LogP contribution in [-0.4, -0.2) is 70.3 Å². The van der Waals surface area contributed by atoms with Crippen LogP contribution in [0.15, 0.2) is 72.8 Å². The highest BCUT2D eigenvalue weighted by molar-refractivity contribution is 7.92. The van der Waals surface area contributed by atoms with E-state index >= 15 is 0 Å². The number of benzene rings is 3. The molecule has 0 unspecified atom stereocenters. The summed E-state index contributed by atoms with van der Waals surface area (Å²) < 4.78 is 25.4. The van der Waals surface area contributed by atoms with Crippen LogP contribution in [0.1, 0.15) is 50.8 Å². The zero-order valence-corrected chi connectivity index (χ0v) is 26.1. The van der Waals surface area contributed by atoms with Gasteiger partial charge in [-0.25, -0.2) is 8.42 Å². The summed E-state index contributed by atoms with van der Waals surface area (Å²) in [6.07, 6.45) is 2.55. The summed E-state index contributed by atoms with van der Waals surface area (Å²) in [5.74, 6) is -1.14. The zero-order chi connectivity index (χ0) is 32.1. The monoisotopic (exact) mass is 623 g/mol. The van der Waals surface area contributed by atoms with Crippen molar-refractivity contribution in [3.05, 3.63) is 101 Å². The van der Waals surface area contributed by atoms with Gasteiger partial charge in [-0.2, -0.15) is 0 Å². The molecule has 5 N–H and O–H groups in total. The minimum atomic E-state index is -3.65. The molecule has 0 bridgehead atoms. The van der Waals surface area contributed by atoms with Gasteiger partial charge in [0.25, 0.3) is 11.8 Å². The zero-order valence-electron chi connectivity index (χ0n) is 25.3. The number of carbonyl (C=O) groups is 3. The van der Waals surface area contributed by atoms with Gasteiger partial charge in [0, 0.05) is 51.0 Å². The second-order valence-corrected chi connectivity index (χ2v) is 12.5. The van der Waals surface area contributed by atoms with Crippen molar-refractivity contribution in [1.82, 2.24) is 21.3 Å². The first-order chi connectivity index (χ1) is 21.0. The van der Waals surface area contributed by atoms with Gasteiger partial charge in [0.2, 0.25) is 15.9 Å². The lowest BCUT2D eigenvalue weighted by atomic mass is 10.1. The standard InChI is InChI=1S/C32H41N5O6S/c1-23(30(39)35-22-26-13-11-24(12-14-26)10-7-17-38)33-15-16-34-31(40)27-18-28(20-29(19-27)37(2)44(3,42)43)32(41)36-21-25-8-5-4-6-9-25/h4-6,8-9,11-14,18-20,23,33,38H,7,10,15-17,21-22H2,1-3H3,(H,34,40)(H,35,39)(H,36,41)/t23-/m0/s1. The van der Waals surface area contributed by atoms with E-state index < -0.39 is 27.9 Å². The predicted octanol–water partition coefficient (Wildman–Crippen LogP) is 1.96. The molecule has 236 valence electrons. The molecule has 1 atom stereocenters. The highest BCUT2D eigenvalue weighted by Gasteiger charge is 2.19. The molecule has 12 heteroatoms. The molecule has 3 aromatic carbocycles. The van der Waals surface area contributed by atoms with Crippen molar-refractivity contribution in [3.63, 3.8) is 0 Å².